The van der Waals surface area contributed by atoms with Crippen molar-refractivity contribution in [1.29, 1.82) is 0 Å². The first-order valence-corrected chi connectivity index (χ1v) is 12.1. The Morgan fingerprint density at radius 1 is 1.17 bits per heavy atom. The fourth-order valence-corrected chi connectivity index (χ4v) is 6.36. The maximum Gasteiger partial charge on any atom is 0.214 e. The molecule has 1 aliphatic carbocycles. The third kappa shape index (κ3) is 4.51. The summed E-state index contributed by atoms with van der Waals surface area (Å²) in [6, 6.07) is 2.39. The molecule has 3 N–H and O–H groups in total. The lowest BCUT2D eigenvalue weighted by Crippen LogP contribution is -2.48. The topological polar surface area (TPSA) is 93.4 Å². The predicted molar refractivity (Wildman–Crippen MR) is 118 cm³/mol. The van der Waals surface area contributed by atoms with Gasteiger partial charge in [0.05, 0.1) is 23.3 Å². The van der Waals surface area contributed by atoms with Crippen molar-refractivity contribution in [1.82, 2.24) is 19.2 Å². The van der Waals surface area contributed by atoms with E-state index in [4.69, 9.17) is 0 Å². The minimum absolute atomic E-state index is 0.256. The van der Waals surface area contributed by atoms with Crippen molar-refractivity contribution in [3.8, 4) is 0 Å². The van der Waals surface area contributed by atoms with Crippen LogP contribution in [0.4, 0.5) is 11.4 Å². The number of sulfonamides is 1. The van der Waals surface area contributed by atoms with Crippen LogP contribution < -0.4 is 10.6 Å². The smallest absolute Gasteiger partial charge is 0.214 e. The minimum atomic E-state index is -3.15. The van der Waals surface area contributed by atoms with Crippen molar-refractivity contribution < 1.29 is 8.42 Å². The van der Waals surface area contributed by atoms with Gasteiger partial charge in [0.2, 0.25) is 10.0 Å². The minimum Gasteiger partial charge on any atom is -0.385 e. The van der Waals surface area contributed by atoms with Crippen LogP contribution in [-0.4, -0.2) is 79.7 Å². The molecule has 0 radical (unpaired) electrons. The second kappa shape index (κ2) is 8.49. The fourth-order valence-electron chi connectivity index (χ4n) is 4.50. The lowest BCUT2D eigenvalue weighted by Gasteiger charge is -2.34. The molecule has 1 saturated carbocycles. The monoisotopic (exact) mass is 420 g/mol. The summed E-state index contributed by atoms with van der Waals surface area (Å²) in [4.78, 5) is 9.78. The van der Waals surface area contributed by atoms with E-state index < -0.39 is 10.0 Å². The molecule has 2 fully saturated rings. The third-order valence-corrected chi connectivity index (χ3v) is 8.40. The summed E-state index contributed by atoms with van der Waals surface area (Å²) >= 11 is 0. The molecule has 0 spiro atoms. The van der Waals surface area contributed by atoms with E-state index in [1.807, 2.05) is 32.6 Å². The number of hydrogen-bond donors (Lipinski definition) is 3. The highest BCUT2D eigenvalue weighted by Crippen LogP contribution is 2.34. The molecule has 1 aliphatic heterocycles. The van der Waals surface area contributed by atoms with Crippen molar-refractivity contribution in [2.45, 2.75) is 31.7 Å². The Labute approximate surface area is 173 Å². The van der Waals surface area contributed by atoms with Gasteiger partial charge in [-0.2, -0.15) is 4.31 Å². The summed E-state index contributed by atoms with van der Waals surface area (Å²) in [6.07, 6.45) is 7.61. The van der Waals surface area contributed by atoms with E-state index in [1.54, 1.807) is 4.31 Å². The molecule has 4 rings (SSSR count). The number of nitrogens with zero attached hydrogens (tertiary/aromatic N) is 3. The van der Waals surface area contributed by atoms with Crippen LogP contribution in [0.15, 0.2) is 18.5 Å². The SMILES string of the molecule is CNc1cnc2[nH]ccc2c1NC1CCC(CS(=O)(=O)N2CCN(C)CC2)CC1. The van der Waals surface area contributed by atoms with Crippen LogP contribution in [0.5, 0.6) is 0 Å². The molecule has 2 aliphatic rings. The van der Waals surface area contributed by atoms with Gasteiger partial charge in [-0.15, -0.1) is 0 Å². The zero-order chi connectivity index (χ0) is 20.4. The molecule has 0 unspecified atom stereocenters. The molecule has 3 heterocycles. The number of nitrogens with one attached hydrogen (secondary N) is 3. The number of aromatic amines is 1. The number of pyridine rings is 1. The predicted octanol–water partition coefficient (Wildman–Crippen LogP) is 2.15. The summed E-state index contributed by atoms with van der Waals surface area (Å²) in [5, 5.41) is 7.99. The molecule has 2 aromatic rings. The fraction of sp³-hybridized carbons (Fsp3) is 0.650. The van der Waals surface area contributed by atoms with Gasteiger partial charge in [-0.25, -0.2) is 13.4 Å². The number of hydrogen-bond acceptors (Lipinski definition) is 6. The first-order chi connectivity index (χ1) is 14.0. The first-order valence-electron chi connectivity index (χ1n) is 10.5. The van der Waals surface area contributed by atoms with Crippen molar-refractivity contribution >= 4 is 32.4 Å². The molecule has 0 bridgehead atoms. The molecular formula is C20H32N6O2S. The average molecular weight is 421 g/mol. The van der Waals surface area contributed by atoms with Gasteiger partial charge in [0.25, 0.3) is 0 Å². The van der Waals surface area contributed by atoms with Crippen molar-refractivity contribution in [2.24, 2.45) is 5.92 Å². The molecule has 1 saturated heterocycles. The van der Waals surface area contributed by atoms with E-state index in [-0.39, 0.29) is 5.92 Å². The molecule has 8 nitrogen and oxygen atoms in total. The van der Waals surface area contributed by atoms with Crippen LogP contribution in [0.1, 0.15) is 25.7 Å². The lowest BCUT2D eigenvalue weighted by molar-refractivity contribution is 0.221. The molecule has 160 valence electrons. The summed E-state index contributed by atoms with van der Waals surface area (Å²) in [5.41, 5.74) is 2.93. The summed E-state index contributed by atoms with van der Waals surface area (Å²) in [6.45, 7) is 2.89. The number of H-pyrrole nitrogens is 1. The maximum absolute atomic E-state index is 12.8. The van der Waals surface area contributed by atoms with E-state index >= 15 is 0 Å². The summed E-state index contributed by atoms with van der Waals surface area (Å²) in [7, 11) is 0.796. The molecule has 29 heavy (non-hydrogen) atoms. The Balaban J connectivity index is 1.35. The molecule has 2 aromatic heterocycles. The van der Waals surface area contributed by atoms with Crippen LogP contribution >= 0.6 is 0 Å². The molecule has 0 amide bonds. The van der Waals surface area contributed by atoms with E-state index in [0.717, 1.165) is 61.2 Å². The second-order valence-electron chi connectivity index (χ2n) is 8.38. The van der Waals surface area contributed by atoms with E-state index in [9.17, 15) is 8.42 Å². The first kappa shape index (κ1) is 20.4. The van der Waals surface area contributed by atoms with Gasteiger partial charge in [0.15, 0.2) is 0 Å². The number of rotatable bonds is 6. The Hall–Kier alpha value is -1.84. The van der Waals surface area contributed by atoms with Gasteiger partial charge in [0.1, 0.15) is 5.65 Å². The average Bonchev–Trinajstić information content (AvgIpc) is 3.19. The van der Waals surface area contributed by atoms with Gasteiger partial charge >= 0.3 is 0 Å². The van der Waals surface area contributed by atoms with Gasteiger partial charge < -0.3 is 20.5 Å². The van der Waals surface area contributed by atoms with Gasteiger partial charge in [0, 0.05) is 50.9 Å². The van der Waals surface area contributed by atoms with Crippen molar-refractivity contribution in [3.05, 3.63) is 18.5 Å². The maximum atomic E-state index is 12.8. The van der Waals surface area contributed by atoms with Crippen molar-refractivity contribution in [2.75, 3.05) is 56.7 Å². The number of aromatic nitrogens is 2. The molecule has 0 aromatic carbocycles. The number of likely N-dealkylation sites (N-methyl/N-ethyl adjacent to an activating group) is 1. The standard InChI is InChI=1S/C20H32N6O2S/c1-21-18-13-23-20-17(7-8-22-20)19(18)24-16-5-3-15(4-6-16)14-29(27,28)26-11-9-25(2)10-12-26/h7-8,13,15-16,21H,3-6,9-12,14H2,1-2H3,(H2,22,23,24). The van der Waals surface area contributed by atoms with Crippen LogP contribution in [-0.2, 0) is 10.0 Å². The second-order valence-corrected chi connectivity index (χ2v) is 10.4. The molecule has 0 atom stereocenters. The van der Waals surface area contributed by atoms with E-state index in [2.05, 4.69) is 25.5 Å². The highest BCUT2D eigenvalue weighted by molar-refractivity contribution is 7.89. The molecular weight excluding hydrogens is 388 g/mol. The third-order valence-electron chi connectivity index (χ3n) is 6.35. The van der Waals surface area contributed by atoms with Crippen molar-refractivity contribution in [3.63, 3.8) is 0 Å². The lowest BCUT2D eigenvalue weighted by atomic mass is 9.87. The van der Waals surface area contributed by atoms with Gasteiger partial charge in [-0.05, 0) is 44.7 Å². The Morgan fingerprint density at radius 3 is 2.59 bits per heavy atom. The highest BCUT2D eigenvalue weighted by Gasteiger charge is 2.31. The number of fused-ring (bicyclic) bond motifs is 1. The van der Waals surface area contributed by atoms with E-state index in [0.29, 0.717) is 24.9 Å². The normalized spacial score (nSPS) is 24.6. The Bertz CT molecular complexity index is 928. The Morgan fingerprint density at radius 2 is 1.90 bits per heavy atom. The Kier molecular flexibility index (Phi) is 5.98. The van der Waals surface area contributed by atoms with Crippen LogP contribution in [0.25, 0.3) is 11.0 Å². The van der Waals surface area contributed by atoms with Gasteiger partial charge in [-0.1, -0.05) is 0 Å². The van der Waals surface area contributed by atoms with Crippen LogP contribution in [0, 0.1) is 5.92 Å². The number of piperazine rings is 1. The largest absolute Gasteiger partial charge is 0.385 e. The van der Waals surface area contributed by atoms with Crippen LogP contribution in [0.3, 0.4) is 0 Å². The quantitative estimate of drug-likeness (QED) is 0.663. The summed E-state index contributed by atoms with van der Waals surface area (Å²) in [5.74, 6) is 0.550. The molecule has 9 heteroatoms. The highest BCUT2D eigenvalue weighted by atomic mass is 32.2. The zero-order valence-corrected chi connectivity index (χ0v) is 18.1. The summed E-state index contributed by atoms with van der Waals surface area (Å²) < 4.78 is 27.3. The number of anilines is 2. The van der Waals surface area contributed by atoms with Gasteiger partial charge in [-0.3, -0.25) is 0 Å². The zero-order valence-electron chi connectivity index (χ0n) is 17.3. The van der Waals surface area contributed by atoms with Crippen LogP contribution in [0.2, 0.25) is 0 Å². The van der Waals surface area contributed by atoms with E-state index in [1.165, 1.54) is 0 Å².